The van der Waals surface area contributed by atoms with Gasteiger partial charge in [-0.1, -0.05) is 31.7 Å². The van der Waals surface area contributed by atoms with Crippen LogP contribution in [0.25, 0.3) is 17.1 Å². The molecule has 4 rings (SSSR count). The van der Waals surface area contributed by atoms with Gasteiger partial charge in [0.05, 0.1) is 11.4 Å². The van der Waals surface area contributed by atoms with Crippen LogP contribution >= 0.6 is 0 Å². The zero-order chi connectivity index (χ0) is 23.1. The fourth-order valence-corrected chi connectivity index (χ4v) is 3.37. The van der Waals surface area contributed by atoms with Crippen LogP contribution in [0.5, 0.6) is 0 Å². The minimum Gasteiger partial charge on any atom is -0.383 e. The molecule has 4 aromatic heterocycles. The molecule has 0 aliphatic rings. The first-order valence-electron chi connectivity index (χ1n) is 9.92. The Morgan fingerprint density at radius 1 is 0.879 bits per heavy atom. The Balaban J connectivity index is 0.00000306. The average Bonchev–Trinajstić information content (AvgIpc) is 3.24. The number of rotatable bonds is 4. The Morgan fingerprint density at radius 3 is 2.33 bits per heavy atom. The van der Waals surface area contributed by atoms with Gasteiger partial charge in [0.25, 0.3) is 0 Å². The monoisotopic (exact) mass is 630 g/mol. The number of pyridine rings is 3. The zero-order valence-corrected chi connectivity index (χ0v) is 20.6. The molecule has 0 spiro atoms. The normalized spacial score (nSPS) is 11.8. The van der Waals surface area contributed by atoms with Gasteiger partial charge in [-0.2, -0.15) is 42.5 Å². The minimum absolute atomic E-state index is 0. The van der Waals surface area contributed by atoms with Crippen LogP contribution < -0.4 is 0 Å². The molecular formula is C24H20F3N5Pt. The molecule has 0 aliphatic carbocycles. The van der Waals surface area contributed by atoms with Crippen LogP contribution in [-0.2, 0) is 32.7 Å². The maximum atomic E-state index is 13.1. The van der Waals surface area contributed by atoms with Crippen LogP contribution in [0.4, 0.5) is 13.2 Å². The summed E-state index contributed by atoms with van der Waals surface area (Å²) in [5, 5.41) is 4.70. The van der Waals surface area contributed by atoms with E-state index in [1.165, 1.54) is 6.07 Å². The zero-order valence-electron chi connectivity index (χ0n) is 18.3. The number of aryl methyl sites for hydroxylation is 2. The quantitative estimate of drug-likeness (QED) is 0.288. The van der Waals surface area contributed by atoms with Gasteiger partial charge in [0.15, 0.2) is 0 Å². The number of halogens is 3. The number of alkyl halides is 3. The number of hydrogen-bond donors (Lipinski definition) is 0. The second kappa shape index (κ2) is 9.18. The van der Waals surface area contributed by atoms with E-state index in [0.717, 1.165) is 28.8 Å². The van der Waals surface area contributed by atoms with Crippen molar-refractivity contribution in [2.45, 2.75) is 39.3 Å². The number of hydrogen-bond acceptors (Lipinski definition) is 4. The largest absolute Gasteiger partial charge is 2.00 e. The predicted octanol–water partition coefficient (Wildman–Crippen LogP) is 5.28. The third kappa shape index (κ3) is 5.06. The first-order valence-corrected chi connectivity index (χ1v) is 9.92. The van der Waals surface area contributed by atoms with E-state index in [4.69, 9.17) is 5.10 Å². The SMILES string of the molecule is Cc1c[c-]c(-n2ccc(C(C)(C)c3cccc(-c4[c-]ccc(C(F)(F)F)n4)n3)n2)c(C)n1.[Pt+2]. The Labute approximate surface area is 204 Å². The second-order valence-electron chi connectivity index (χ2n) is 7.98. The summed E-state index contributed by atoms with van der Waals surface area (Å²) in [4.78, 5) is 12.7. The van der Waals surface area contributed by atoms with E-state index in [-0.39, 0.29) is 26.8 Å². The molecule has 172 valence electrons. The fourth-order valence-electron chi connectivity index (χ4n) is 3.37. The summed E-state index contributed by atoms with van der Waals surface area (Å²) in [6.45, 7) is 7.72. The molecule has 0 saturated carbocycles. The van der Waals surface area contributed by atoms with Gasteiger partial charge in [-0.15, -0.1) is 6.07 Å². The van der Waals surface area contributed by atoms with E-state index < -0.39 is 17.3 Å². The van der Waals surface area contributed by atoms with Crippen molar-refractivity contribution in [3.63, 3.8) is 0 Å². The van der Waals surface area contributed by atoms with Crippen molar-refractivity contribution in [1.82, 2.24) is 24.7 Å². The van der Waals surface area contributed by atoms with Gasteiger partial charge >= 0.3 is 27.2 Å². The third-order valence-corrected chi connectivity index (χ3v) is 5.18. The van der Waals surface area contributed by atoms with Crippen molar-refractivity contribution in [1.29, 1.82) is 0 Å². The molecule has 0 bridgehead atoms. The van der Waals surface area contributed by atoms with Gasteiger partial charge in [-0.3, -0.25) is 9.67 Å². The van der Waals surface area contributed by atoms with E-state index in [9.17, 15) is 13.2 Å². The standard InChI is InChI=1S/C24H20F3N5.Pt/c1-15-11-12-19(16(2)28-15)32-14-13-21(31-32)23(3,4)20-9-5-7-17(29-20)18-8-6-10-22(30-18)24(25,26)27;/h5-7,9-11,13-14H,1-4H3;/q-2;+2. The first-order chi connectivity index (χ1) is 15.1. The molecule has 0 atom stereocenters. The Hall–Kier alpha value is -2.86. The summed E-state index contributed by atoms with van der Waals surface area (Å²) in [6.07, 6.45) is -2.70. The summed E-state index contributed by atoms with van der Waals surface area (Å²) in [5.74, 6) is 0. The van der Waals surface area contributed by atoms with Crippen LogP contribution in [0.1, 0.15) is 42.3 Å². The van der Waals surface area contributed by atoms with Gasteiger partial charge in [-0.05, 0) is 48.7 Å². The van der Waals surface area contributed by atoms with Crippen LogP contribution in [0.2, 0.25) is 0 Å². The van der Waals surface area contributed by atoms with E-state index in [1.807, 2.05) is 46.0 Å². The predicted molar refractivity (Wildman–Crippen MR) is 113 cm³/mol. The molecule has 0 radical (unpaired) electrons. The summed E-state index contributed by atoms with van der Waals surface area (Å²) in [7, 11) is 0. The van der Waals surface area contributed by atoms with Gasteiger partial charge in [0, 0.05) is 17.3 Å². The molecule has 0 aliphatic heterocycles. The molecule has 9 heteroatoms. The van der Waals surface area contributed by atoms with E-state index in [2.05, 4.69) is 27.1 Å². The van der Waals surface area contributed by atoms with Crippen LogP contribution in [-0.4, -0.2) is 24.7 Å². The van der Waals surface area contributed by atoms with E-state index in [1.54, 1.807) is 22.9 Å². The molecular weight excluding hydrogens is 610 g/mol. The Kier molecular flexibility index (Phi) is 6.89. The summed E-state index contributed by atoms with van der Waals surface area (Å²) >= 11 is 0. The number of nitrogens with zero attached hydrogens (tertiary/aromatic N) is 5. The maximum Gasteiger partial charge on any atom is 2.00 e. The molecule has 0 amide bonds. The average molecular weight is 631 g/mol. The van der Waals surface area contributed by atoms with Crippen LogP contribution in [0, 0.1) is 26.0 Å². The molecule has 33 heavy (non-hydrogen) atoms. The smallest absolute Gasteiger partial charge is 0.383 e. The van der Waals surface area contributed by atoms with Gasteiger partial charge in [-0.25, -0.2) is 0 Å². The summed E-state index contributed by atoms with van der Waals surface area (Å²) in [5.41, 5.74) is 2.59. The van der Waals surface area contributed by atoms with Crippen LogP contribution in [0.3, 0.4) is 0 Å². The van der Waals surface area contributed by atoms with Crippen molar-refractivity contribution in [3.8, 4) is 17.1 Å². The molecule has 0 aromatic carbocycles. The topological polar surface area (TPSA) is 56.5 Å². The van der Waals surface area contributed by atoms with Crippen LogP contribution in [0.15, 0.2) is 48.7 Å². The summed E-state index contributed by atoms with van der Waals surface area (Å²) < 4.78 is 40.9. The molecule has 0 saturated heterocycles. The first kappa shape index (κ1) is 24.8. The molecule has 0 N–H and O–H groups in total. The molecule has 4 heterocycles. The third-order valence-electron chi connectivity index (χ3n) is 5.18. The van der Waals surface area contributed by atoms with Crippen molar-refractivity contribution in [2.24, 2.45) is 0 Å². The Morgan fingerprint density at radius 2 is 1.64 bits per heavy atom. The number of aromatic nitrogens is 5. The molecule has 5 nitrogen and oxygen atoms in total. The van der Waals surface area contributed by atoms with Gasteiger partial charge in [0.1, 0.15) is 0 Å². The van der Waals surface area contributed by atoms with E-state index in [0.29, 0.717) is 11.4 Å². The van der Waals surface area contributed by atoms with Gasteiger partial charge in [0.2, 0.25) is 0 Å². The second-order valence-corrected chi connectivity index (χ2v) is 7.98. The minimum atomic E-state index is -4.53. The van der Waals surface area contributed by atoms with Crippen molar-refractivity contribution < 1.29 is 34.2 Å². The van der Waals surface area contributed by atoms with E-state index >= 15 is 0 Å². The van der Waals surface area contributed by atoms with Gasteiger partial charge < -0.3 is 9.97 Å². The summed E-state index contributed by atoms with van der Waals surface area (Å²) in [6, 6.07) is 16.9. The van der Waals surface area contributed by atoms with Crippen molar-refractivity contribution >= 4 is 0 Å². The van der Waals surface area contributed by atoms with Crippen molar-refractivity contribution in [3.05, 3.63) is 89.3 Å². The van der Waals surface area contributed by atoms with Crippen molar-refractivity contribution in [2.75, 3.05) is 0 Å². The fraction of sp³-hybridized carbons (Fsp3) is 0.250. The maximum absolute atomic E-state index is 13.1. The molecule has 0 unspecified atom stereocenters. The Bertz CT molecular complexity index is 1280. The molecule has 4 aromatic rings. The molecule has 0 fully saturated rings.